The summed E-state index contributed by atoms with van der Waals surface area (Å²) in [5, 5.41) is 1.67. The van der Waals surface area contributed by atoms with Crippen molar-refractivity contribution in [1.29, 1.82) is 0 Å². The fourth-order valence-corrected chi connectivity index (χ4v) is 4.00. The van der Waals surface area contributed by atoms with Gasteiger partial charge >= 0.3 is 5.97 Å². The summed E-state index contributed by atoms with van der Waals surface area (Å²) in [6, 6.07) is 18.0. The molecule has 4 rings (SSSR count). The van der Waals surface area contributed by atoms with Gasteiger partial charge in [-0.1, -0.05) is 59.1 Å². The first-order chi connectivity index (χ1) is 12.5. The number of carbonyl (C=O) groups excluding carboxylic acids is 1. The number of rotatable bonds is 2. The Bertz CT molecular complexity index is 945. The van der Waals surface area contributed by atoms with Gasteiger partial charge in [0.15, 0.2) is 6.10 Å². The maximum Gasteiger partial charge on any atom is 0.339 e. The molecule has 0 fully saturated rings. The highest BCUT2D eigenvalue weighted by atomic mass is 35.5. The third-order valence-electron chi connectivity index (χ3n) is 4.50. The molecular formula is C21H13Cl3O2. The number of hydrogen-bond acceptors (Lipinski definition) is 2. The van der Waals surface area contributed by atoms with Crippen LogP contribution in [-0.4, -0.2) is 5.97 Å². The number of ether oxygens (including phenoxy) is 1. The second kappa shape index (κ2) is 6.96. The molecule has 1 aliphatic rings. The predicted molar refractivity (Wildman–Crippen MR) is 104 cm³/mol. The summed E-state index contributed by atoms with van der Waals surface area (Å²) in [7, 11) is 0. The molecule has 0 aliphatic heterocycles. The lowest BCUT2D eigenvalue weighted by atomic mass is 9.83. The Morgan fingerprint density at radius 2 is 1.35 bits per heavy atom. The van der Waals surface area contributed by atoms with Gasteiger partial charge in [0.05, 0.1) is 5.56 Å². The zero-order valence-electron chi connectivity index (χ0n) is 13.5. The van der Waals surface area contributed by atoms with Crippen LogP contribution in [0.1, 0.15) is 38.7 Å². The molecule has 0 heterocycles. The molecule has 3 aromatic rings. The van der Waals surface area contributed by atoms with E-state index in [-0.39, 0.29) is 0 Å². The third-order valence-corrected chi connectivity index (χ3v) is 5.41. The van der Waals surface area contributed by atoms with Gasteiger partial charge in [0.25, 0.3) is 0 Å². The number of fused-ring (bicyclic) bond motifs is 2. The summed E-state index contributed by atoms with van der Waals surface area (Å²) in [5.74, 6) is -0.453. The molecule has 0 unspecified atom stereocenters. The Labute approximate surface area is 166 Å². The Kier molecular flexibility index (Phi) is 4.66. The van der Waals surface area contributed by atoms with Crippen molar-refractivity contribution < 1.29 is 9.53 Å². The van der Waals surface area contributed by atoms with Crippen molar-refractivity contribution in [2.45, 2.75) is 12.5 Å². The zero-order valence-corrected chi connectivity index (χ0v) is 15.8. The minimum Gasteiger partial charge on any atom is -0.449 e. The van der Waals surface area contributed by atoms with E-state index in [4.69, 9.17) is 39.5 Å². The van der Waals surface area contributed by atoms with Crippen molar-refractivity contribution in [2.75, 3.05) is 0 Å². The third kappa shape index (κ3) is 3.09. The lowest BCUT2D eigenvalue weighted by molar-refractivity contribution is 0.0372. The first-order valence-corrected chi connectivity index (χ1v) is 9.19. The van der Waals surface area contributed by atoms with E-state index in [0.29, 0.717) is 27.1 Å². The van der Waals surface area contributed by atoms with Crippen LogP contribution in [0.5, 0.6) is 0 Å². The molecule has 2 nitrogen and oxygen atoms in total. The Hall–Kier alpha value is -2.00. The Morgan fingerprint density at radius 1 is 0.808 bits per heavy atom. The van der Waals surface area contributed by atoms with Crippen LogP contribution >= 0.6 is 34.8 Å². The zero-order chi connectivity index (χ0) is 18.3. The van der Waals surface area contributed by atoms with Gasteiger partial charge in [-0.25, -0.2) is 4.79 Å². The van der Waals surface area contributed by atoms with Crippen LogP contribution in [0.15, 0.2) is 60.7 Å². The van der Waals surface area contributed by atoms with Gasteiger partial charge in [-0.2, -0.15) is 0 Å². The first-order valence-electron chi connectivity index (χ1n) is 8.05. The van der Waals surface area contributed by atoms with Crippen LogP contribution < -0.4 is 0 Å². The summed E-state index contributed by atoms with van der Waals surface area (Å²) in [6.07, 6.45) is 0.0418. The lowest BCUT2D eigenvalue weighted by Crippen LogP contribution is -2.20. The number of halogens is 3. The van der Waals surface area contributed by atoms with Crippen molar-refractivity contribution in [3.8, 4) is 0 Å². The first kappa shape index (κ1) is 17.4. The van der Waals surface area contributed by atoms with E-state index in [0.717, 1.165) is 22.3 Å². The average Bonchev–Trinajstić information content (AvgIpc) is 2.62. The summed E-state index contributed by atoms with van der Waals surface area (Å²) in [5.41, 5.74) is 4.05. The van der Waals surface area contributed by atoms with E-state index in [1.165, 1.54) is 0 Å². The fraction of sp³-hybridized carbons (Fsp3) is 0.0952. The van der Waals surface area contributed by atoms with Gasteiger partial charge in [0.2, 0.25) is 0 Å². The van der Waals surface area contributed by atoms with Crippen LogP contribution in [0.4, 0.5) is 0 Å². The molecule has 5 heteroatoms. The van der Waals surface area contributed by atoms with E-state index < -0.39 is 12.1 Å². The van der Waals surface area contributed by atoms with Gasteiger partial charge < -0.3 is 4.74 Å². The van der Waals surface area contributed by atoms with E-state index in [1.807, 2.05) is 24.3 Å². The van der Waals surface area contributed by atoms with Crippen LogP contribution in [0.25, 0.3) is 0 Å². The molecule has 0 saturated heterocycles. The predicted octanol–water partition coefficient (Wildman–Crippen LogP) is 6.50. The van der Waals surface area contributed by atoms with Crippen molar-refractivity contribution in [3.63, 3.8) is 0 Å². The number of hydrogen-bond donors (Lipinski definition) is 0. The molecule has 0 radical (unpaired) electrons. The minimum atomic E-state index is -0.653. The largest absolute Gasteiger partial charge is 0.449 e. The summed E-state index contributed by atoms with van der Waals surface area (Å²) < 4.78 is 5.88. The standard InChI is InChI=1S/C21H13Cl3O2/c22-15-9-7-12(8-10-15)21(25)26-20-18-13(3-1-5-16(18)23)11-14-4-2-6-17(24)19(14)20/h1-10,20H,11H2. The van der Waals surface area contributed by atoms with Crippen molar-refractivity contribution in [3.05, 3.63) is 104 Å². The van der Waals surface area contributed by atoms with Gasteiger partial charge in [-0.15, -0.1) is 0 Å². The highest BCUT2D eigenvalue weighted by Crippen LogP contribution is 2.44. The van der Waals surface area contributed by atoms with E-state index in [9.17, 15) is 4.79 Å². The van der Waals surface area contributed by atoms with Crippen molar-refractivity contribution in [1.82, 2.24) is 0 Å². The molecule has 0 amide bonds. The second-order valence-electron chi connectivity index (χ2n) is 6.09. The van der Waals surface area contributed by atoms with Gasteiger partial charge in [0, 0.05) is 26.2 Å². The maximum atomic E-state index is 12.7. The van der Waals surface area contributed by atoms with Gasteiger partial charge in [0.1, 0.15) is 0 Å². The van der Waals surface area contributed by atoms with E-state index in [1.54, 1.807) is 36.4 Å². The van der Waals surface area contributed by atoms with Crippen LogP contribution in [0, 0.1) is 0 Å². The highest BCUT2D eigenvalue weighted by Gasteiger charge is 2.32. The average molecular weight is 404 g/mol. The lowest BCUT2D eigenvalue weighted by Gasteiger charge is -2.29. The Morgan fingerprint density at radius 3 is 1.88 bits per heavy atom. The normalized spacial score (nSPS) is 13.0. The number of benzene rings is 3. The minimum absolute atomic E-state index is 0.419. The smallest absolute Gasteiger partial charge is 0.339 e. The maximum absolute atomic E-state index is 12.7. The number of carbonyl (C=O) groups is 1. The van der Waals surface area contributed by atoms with Crippen LogP contribution in [-0.2, 0) is 11.2 Å². The van der Waals surface area contributed by atoms with Gasteiger partial charge in [-0.3, -0.25) is 0 Å². The molecule has 1 aliphatic carbocycles. The van der Waals surface area contributed by atoms with Crippen LogP contribution in [0.2, 0.25) is 15.1 Å². The molecule has 0 N–H and O–H groups in total. The molecule has 130 valence electrons. The van der Waals surface area contributed by atoms with Crippen LogP contribution in [0.3, 0.4) is 0 Å². The fourth-order valence-electron chi connectivity index (χ4n) is 3.29. The SMILES string of the molecule is O=C(OC1c2c(Cl)cccc2Cc2cccc(Cl)c21)c1ccc(Cl)cc1. The highest BCUT2D eigenvalue weighted by molar-refractivity contribution is 6.32. The van der Waals surface area contributed by atoms with E-state index >= 15 is 0 Å². The number of esters is 1. The monoisotopic (exact) mass is 402 g/mol. The molecule has 0 aromatic heterocycles. The quantitative estimate of drug-likeness (QED) is 0.457. The molecular weight excluding hydrogens is 391 g/mol. The molecule has 0 bridgehead atoms. The van der Waals surface area contributed by atoms with E-state index in [2.05, 4.69) is 0 Å². The Balaban J connectivity index is 1.80. The summed E-state index contributed by atoms with van der Waals surface area (Å²) in [4.78, 5) is 12.7. The molecule has 26 heavy (non-hydrogen) atoms. The van der Waals surface area contributed by atoms with Gasteiger partial charge in [-0.05, 0) is 53.9 Å². The molecule has 3 aromatic carbocycles. The second-order valence-corrected chi connectivity index (χ2v) is 7.35. The van der Waals surface area contributed by atoms with Crippen molar-refractivity contribution in [2.24, 2.45) is 0 Å². The molecule has 0 saturated carbocycles. The van der Waals surface area contributed by atoms with Crippen molar-refractivity contribution >= 4 is 40.8 Å². The topological polar surface area (TPSA) is 26.3 Å². The molecule has 0 spiro atoms. The summed E-state index contributed by atoms with van der Waals surface area (Å²) >= 11 is 18.8. The molecule has 0 atom stereocenters. The summed E-state index contributed by atoms with van der Waals surface area (Å²) in [6.45, 7) is 0.